The van der Waals surface area contributed by atoms with Crippen LogP contribution in [0.5, 0.6) is 5.75 Å². The number of carbonyl (C=O) groups is 1. The van der Waals surface area contributed by atoms with Gasteiger partial charge in [0, 0.05) is 16.9 Å². The summed E-state index contributed by atoms with van der Waals surface area (Å²) >= 11 is 6.83. The summed E-state index contributed by atoms with van der Waals surface area (Å²) in [5.74, 6) is 0.639. The summed E-state index contributed by atoms with van der Waals surface area (Å²) in [6.45, 7) is 2.69. The molecule has 0 radical (unpaired) electrons. The third-order valence-corrected chi connectivity index (χ3v) is 3.93. The van der Waals surface area contributed by atoms with Crippen molar-refractivity contribution in [2.75, 3.05) is 13.7 Å². The summed E-state index contributed by atoms with van der Waals surface area (Å²) in [7, 11) is 1.59. The number of ether oxygens (including phenoxy) is 1. The molecule has 0 fully saturated rings. The molecule has 94 valence electrons. The molecule has 0 spiro atoms. The van der Waals surface area contributed by atoms with E-state index >= 15 is 0 Å². The zero-order chi connectivity index (χ0) is 12.8. The van der Waals surface area contributed by atoms with Gasteiger partial charge in [0.1, 0.15) is 5.75 Å². The van der Waals surface area contributed by atoms with Gasteiger partial charge in [-0.1, -0.05) is 22.9 Å². The number of benzene rings is 1. The molecule has 5 heteroatoms. The Hall–Kier alpha value is -0.550. The summed E-state index contributed by atoms with van der Waals surface area (Å²) in [5, 5.41) is 2.87. The Labute approximate surface area is 118 Å². The van der Waals surface area contributed by atoms with Crippen LogP contribution in [0.4, 0.5) is 0 Å². The maximum Gasteiger partial charge on any atom is 0.251 e. The van der Waals surface area contributed by atoms with Crippen molar-refractivity contribution < 1.29 is 9.53 Å². The van der Waals surface area contributed by atoms with Crippen LogP contribution in [0, 0.1) is 0 Å². The molecule has 3 nitrogen and oxygen atoms in total. The van der Waals surface area contributed by atoms with E-state index in [0.717, 1.165) is 10.9 Å². The van der Waals surface area contributed by atoms with Crippen LogP contribution in [0.15, 0.2) is 22.7 Å². The van der Waals surface area contributed by atoms with Crippen molar-refractivity contribution >= 4 is 37.8 Å². The molecule has 0 bridgehead atoms. The minimum absolute atomic E-state index is 0.0775. The second-order valence-electron chi connectivity index (χ2n) is 3.56. The topological polar surface area (TPSA) is 38.3 Å². The number of nitrogens with one attached hydrogen (secondary N) is 1. The van der Waals surface area contributed by atoms with Gasteiger partial charge in [0.05, 0.1) is 11.6 Å². The van der Waals surface area contributed by atoms with Gasteiger partial charge in [-0.15, -0.1) is 0 Å². The van der Waals surface area contributed by atoms with E-state index in [1.54, 1.807) is 25.3 Å². The Morgan fingerprint density at radius 1 is 1.53 bits per heavy atom. The Balaban J connectivity index is 2.66. The summed E-state index contributed by atoms with van der Waals surface area (Å²) < 4.78 is 5.89. The second kappa shape index (κ2) is 7.01. The highest BCUT2D eigenvalue weighted by Gasteiger charge is 2.09. The van der Waals surface area contributed by atoms with Crippen LogP contribution in [0.1, 0.15) is 23.7 Å². The number of rotatable bonds is 5. The molecule has 0 saturated heterocycles. The lowest BCUT2D eigenvalue weighted by molar-refractivity contribution is 0.0954. The molecule has 1 atom stereocenters. The number of hydrogen-bond acceptors (Lipinski definition) is 2. The molecule has 17 heavy (non-hydrogen) atoms. The molecule has 1 unspecified atom stereocenters. The van der Waals surface area contributed by atoms with E-state index in [9.17, 15) is 4.79 Å². The maximum absolute atomic E-state index is 11.8. The zero-order valence-corrected chi connectivity index (χ0v) is 13.0. The van der Waals surface area contributed by atoms with Crippen LogP contribution in [0.3, 0.4) is 0 Å². The van der Waals surface area contributed by atoms with Crippen LogP contribution in [0.25, 0.3) is 0 Å². The normalized spacial score (nSPS) is 12.0. The fourth-order valence-corrected chi connectivity index (χ4v) is 1.96. The molecule has 1 amide bonds. The zero-order valence-electron chi connectivity index (χ0n) is 9.80. The number of halogens is 2. The Morgan fingerprint density at radius 2 is 2.24 bits per heavy atom. The molecule has 0 aromatic heterocycles. The fraction of sp³-hybridized carbons (Fsp3) is 0.417. The lowest BCUT2D eigenvalue weighted by Crippen LogP contribution is -2.29. The van der Waals surface area contributed by atoms with Crippen LogP contribution in [0.2, 0.25) is 0 Å². The molecule has 1 rings (SSSR count). The summed E-state index contributed by atoms with van der Waals surface area (Å²) in [6, 6.07) is 5.27. The van der Waals surface area contributed by atoms with Crippen LogP contribution < -0.4 is 10.1 Å². The number of methoxy groups -OCH3 is 1. The van der Waals surface area contributed by atoms with Crippen molar-refractivity contribution in [1.82, 2.24) is 5.32 Å². The average molecular weight is 365 g/mol. The van der Waals surface area contributed by atoms with Gasteiger partial charge in [-0.3, -0.25) is 4.79 Å². The van der Waals surface area contributed by atoms with Crippen molar-refractivity contribution in [3.8, 4) is 5.75 Å². The van der Waals surface area contributed by atoms with Gasteiger partial charge in [-0.25, -0.2) is 0 Å². The first-order valence-electron chi connectivity index (χ1n) is 5.34. The lowest BCUT2D eigenvalue weighted by Gasteiger charge is -2.10. The van der Waals surface area contributed by atoms with Crippen LogP contribution in [-0.4, -0.2) is 24.4 Å². The van der Waals surface area contributed by atoms with Gasteiger partial charge in [0.25, 0.3) is 5.91 Å². The molecule has 1 aromatic rings. The maximum atomic E-state index is 11.8. The second-order valence-corrected chi connectivity index (χ2v) is 5.71. The number of alkyl halides is 1. The number of hydrogen-bond donors (Lipinski definition) is 1. The van der Waals surface area contributed by atoms with E-state index in [2.05, 4.69) is 44.1 Å². The number of carbonyl (C=O) groups excluding carboxylic acids is 1. The largest absolute Gasteiger partial charge is 0.496 e. The summed E-state index contributed by atoms with van der Waals surface area (Å²) in [4.78, 5) is 12.1. The van der Waals surface area contributed by atoms with Crippen molar-refractivity contribution in [2.24, 2.45) is 0 Å². The van der Waals surface area contributed by atoms with Gasteiger partial charge < -0.3 is 10.1 Å². The van der Waals surface area contributed by atoms with Crippen molar-refractivity contribution in [2.45, 2.75) is 18.2 Å². The SMILES string of the molecule is CCC(Br)CNC(=O)c1ccc(OC)c(Br)c1. The minimum atomic E-state index is -0.0775. The monoisotopic (exact) mass is 363 g/mol. The van der Waals surface area contributed by atoms with Crippen LogP contribution in [-0.2, 0) is 0 Å². The molecule has 1 N–H and O–H groups in total. The quantitative estimate of drug-likeness (QED) is 0.813. The number of amides is 1. The highest BCUT2D eigenvalue weighted by molar-refractivity contribution is 9.10. The highest BCUT2D eigenvalue weighted by atomic mass is 79.9. The smallest absolute Gasteiger partial charge is 0.251 e. The van der Waals surface area contributed by atoms with E-state index < -0.39 is 0 Å². The molecule has 1 aromatic carbocycles. The molecule has 0 heterocycles. The van der Waals surface area contributed by atoms with E-state index in [1.165, 1.54) is 0 Å². The Kier molecular flexibility index (Phi) is 5.98. The van der Waals surface area contributed by atoms with Gasteiger partial charge in [0.2, 0.25) is 0 Å². The predicted molar refractivity (Wildman–Crippen MR) is 76.0 cm³/mol. The third-order valence-electron chi connectivity index (χ3n) is 2.34. The van der Waals surface area contributed by atoms with E-state index in [1.807, 2.05) is 0 Å². The predicted octanol–water partition coefficient (Wildman–Crippen LogP) is 3.36. The van der Waals surface area contributed by atoms with Gasteiger partial charge >= 0.3 is 0 Å². The molecular formula is C12H15Br2NO2. The van der Waals surface area contributed by atoms with Crippen LogP contribution >= 0.6 is 31.9 Å². The summed E-state index contributed by atoms with van der Waals surface area (Å²) in [5.41, 5.74) is 0.619. The molecule has 0 aliphatic heterocycles. The average Bonchev–Trinajstić information content (AvgIpc) is 2.35. The van der Waals surface area contributed by atoms with E-state index in [4.69, 9.17) is 4.74 Å². The first kappa shape index (κ1) is 14.5. The Morgan fingerprint density at radius 3 is 2.76 bits per heavy atom. The van der Waals surface area contributed by atoms with Crippen molar-refractivity contribution in [3.05, 3.63) is 28.2 Å². The molecule has 0 saturated carbocycles. The van der Waals surface area contributed by atoms with Gasteiger partial charge in [0.15, 0.2) is 0 Å². The highest BCUT2D eigenvalue weighted by Crippen LogP contribution is 2.25. The standard InChI is InChI=1S/C12H15Br2NO2/c1-3-9(13)7-15-12(16)8-4-5-11(17-2)10(14)6-8/h4-6,9H,3,7H2,1-2H3,(H,15,16). The Bertz CT molecular complexity index is 396. The van der Waals surface area contributed by atoms with Crippen molar-refractivity contribution in [3.63, 3.8) is 0 Å². The summed E-state index contributed by atoms with van der Waals surface area (Å²) in [6.07, 6.45) is 0.979. The molecular weight excluding hydrogens is 350 g/mol. The minimum Gasteiger partial charge on any atom is -0.496 e. The van der Waals surface area contributed by atoms with E-state index in [0.29, 0.717) is 22.7 Å². The molecule has 0 aliphatic rings. The van der Waals surface area contributed by atoms with Gasteiger partial charge in [-0.05, 0) is 40.5 Å². The van der Waals surface area contributed by atoms with Crippen molar-refractivity contribution in [1.29, 1.82) is 0 Å². The first-order chi connectivity index (χ1) is 8.08. The van der Waals surface area contributed by atoms with Gasteiger partial charge in [-0.2, -0.15) is 0 Å². The third kappa shape index (κ3) is 4.32. The first-order valence-corrected chi connectivity index (χ1v) is 7.05. The van der Waals surface area contributed by atoms with E-state index in [-0.39, 0.29) is 5.91 Å². The lowest BCUT2D eigenvalue weighted by atomic mass is 10.2. The molecule has 0 aliphatic carbocycles. The fourth-order valence-electron chi connectivity index (χ4n) is 1.26.